The molecule has 0 aliphatic carbocycles. The quantitative estimate of drug-likeness (QED) is 0.308. The highest BCUT2D eigenvalue weighted by molar-refractivity contribution is 7.14. The lowest BCUT2D eigenvalue weighted by Crippen LogP contribution is -2.21. The molecule has 3 rings (SSSR count). The molecule has 178 valence electrons. The highest BCUT2D eigenvalue weighted by Gasteiger charge is 2.31. The predicted octanol–water partition coefficient (Wildman–Crippen LogP) is 4.75. The van der Waals surface area contributed by atoms with Crippen LogP contribution >= 0.6 is 11.1 Å². The number of nitrogens with zero attached hydrogens (tertiary/aromatic N) is 3. The van der Waals surface area contributed by atoms with E-state index in [1.165, 1.54) is 37.2 Å². The first kappa shape index (κ1) is 24.3. The van der Waals surface area contributed by atoms with E-state index in [9.17, 15) is 27.6 Å². The number of benzene rings is 1. The molecule has 0 radical (unpaired) electrons. The van der Waals surface area contributed by atoms with Gasteiger partial charge in [0, 0.05) is 29.3 Å². The number of rotatable bonds is 8. The summed E-state index contributed by atoms with van der Waals surface area (Å²) in [6.07, 6.45) is -5.84. The Labute approximate surface area is 190 Å². The molecule has 1 aromatic carbocycles. The fraction of sp³-hybridized carbons (Fsp3) is 0.350. The molecule has 13 heteroatoms. The average Bonchev–Trinajstić information content (AvgIpc) is 3.30. The number of anilines is 3. The number of hydrogen-bond acceptors (Lipinski definition) is 8. The molecule has 2 heterocycles. The van der Waals surface area contributed by atoms with E-state index in [4.69, 9.17) is 4.42 Å². The fourth-order valence-electron chi connectivity index (χ4n) is 3.02. The number of carbonyl (C=O) groups is 1. The zero-order chi connectivity index (χ0) is 24.3. The molecular weight excluding hydrogens is 463 g/mol. The molecular formula is C20H22F3N5O4S. The maximum Gasteiger partial charge on any atom is 0.389 e. The third kappa shape index (κ3) is 6.14. The first-order valence-electron chi connectivity index (χ1n) is 9.74. The molecule has 0 bridgehead atoms. The number of para-hydroxylation sites is 1. The molecule has 9 nitrogen and oxygen atoms in total. The van der Waals surface area contributed by atoms with Gasteiger partial charge in [-0.15, -0.1) is 0 Å². The molecule has 3 N–H and O–H groups in total. The average molecular weight is 485 g/mol. The number of aromatic nitrogens is 2. The Morgan fingerprint density at radius 1 is 1.24 bits per heavy atom. The van der Waals surface area contributed by atoms with E-state index >= 15 is 0 Å². The van der Waals surface area contributed by atoms with Crippen LogP contribution in [0.2, 0.25) is 0 Å². The summed E-state index contributed by atoms with van der Waals surface area (Å²) in [6, 6.07) is 6.63. The number of furan rings is 1. The number of hydrogen-bond donors (Lipinski definition) is 3. The Bertz CT molecular complexity index is 1130. The third-order valence-corrected chi connectivity index (χ3v) is 5.30. The van der Waals surface area contributed by atoms with Crippen LogP contribution in [0, 0.1) is 6.92 Å². The number of phenols is 1. The number of nitrogens with one attached hydrogen (secondary N) is 2. The van der Waals surface area contributed by atoms with E-state index in [1.807, 2.05) is 0 Å². The van der Waals surface area contributed by atoms with Crippen LogP contribution in [0.15, 0.2) is 34.7 Å². The first-order chi connectivity index (χ1) is 15.4. The topological polar surface area (TPSA) is 127 Å². The smallest absolute Gasteiger partial charge is 0.389 e. The maximum absolute atomic E-state index is 12.8. The fourth-order valence-corrected chi connectivity index (χ4v) is 3.65. The van der Waals surface area contributed by atoms with Gasteiger partial charge in [-0.05, 0) is 37.6 Å². The Morgan fingerprint density at radius 2 is 1.94 bits per heavy atom. The standard InChI is InChI=1S/C20H22F3N5O4S/c1-11-7-8-15(32-11)13(9-10-20(21,22)23)24-17-18(27-33(31)26-17)25-14-6-4-5-12(16(14)29)19(30)28(2)3/h4-8,13,29H,9-10H2,1-3H3,(H,24,26)(H,25,27). The normalized spacial score (nSPS) is 13.0. The van der Waals surface area contributed by atoms with Gasteiger partial charge < -0.3 is 29.6 Å². The number of carbonyl (C=O) groups excluding carboxylic acids is 1. The summed E-state index contributed by atoms with van der Waals surface area (Å²) >= 11 is -2.03. The van der Waals surface area contributed by atoms with Gasteiger partial charge in [0.05, 0.1) is 17.3 Å². The largest absolute Gasteiger partial charge is 0.546 e. The van der Waals surface area contributed by atoms with Crippen molar-refractivity contribution in [2.75, 3.05) is 24.7 Å². The Morgan fingerprint density at radius 3 is 2.55 bits per heavy atom. The van der Waals surface area contributed by atoms with Crippen molar-refractivity contribution in [3.63, 3.8) is 0 Å². The Balaban J connectivity index is 1.89. The van der Waals surface area contributed by atoms with E-state index in [2.05, 4.69) is 19.4 Å². The lowest BCUT2D eigenvalue weighted by atomic mass is 10.1. The van der Waals surface area contributed by atoms with Gasteiger partial charge in [-0.3, -0.25) is 4.79 Å². The summed E-state index contributed by atoms with van der Waals surface area (Å²) in [6.45, 7) is 1.66. The number of halogens is 3. The molecule has 0 spiro atoms. The van der Waals surface area contributed by atoms with Crippen LogP contribution in [-0.2, 0) is 0 Å². The lowest BCUT2D eigenvalue weighted by Gasteiger charge is -2.18. The van der Waals surface area contributed by atoms with Crippen molar-refractivity contribution in [1.29, 1.82) is 0 Å². The molecule has 3 aromatic rings. The lowest BCUT2D eigenvalue weighted by molar-refractivity contribution is -0.136. The summed E-state index contributed by atoms with van der Waals surface area (Å²) in [7, 11) is 3.05. The minimum atomic E-state index is -4.39. The number of phenolic OH excluding ortho intramolecular Hbond substituents is 1. The van der Waals surface area contributed by atoms with Crippen LogP contribution < -0.4 is 10.6 Å². The number of alkyl halides is 3. The Hall–Kier alpha value is -3.32. The molecule has 2 unspecified atom stereocenters. The van der Waals surface area contributed by atoms with Crippen LogP contribution in [0.1, 0.15) is 40.8 Å². The van der Waals surface area contributed by atoms with Gasteiger partial charge in [0.15, 0.2) is 16.9 Å². The minimum absolute atomic E-state index is 0.0188. The number of aryl methyl sites for hydroxylation is 1. The van der Waals surface area contributed by atoms with Crippen molar-refractivity contribution in [3.05, 3.63) is 47.4 Å². The second-order valence-electron chi connectivity index (χ2n) is 7.44. The van der Waals surface area contributed by atoms with E-state index in [1.54, 1.807) is 19.1 Å². The summed E-state index contributed by atoms with van der Waals surface area (Å²) in [4.78, 5) is 13.5. The maximum atomic E-state index is 12.8. The van der Waals surface area contributed by atoms with Crippen LogP contribution in [-0.4, -0.2) is 49.5 Å². The van der Waals surface area contributed by atoms with Crippen molar-refractivity contribution >= 4 is 34.4 Å². The SMILES string of the molecule is Cc1ccc(C(CCC(F)(F)F)Nc2n[s+]([O-])nc2Nc2cccc(C(=O)N(C)C)c2O)o1. The summed E-state index contributed by atoms with van der Waals surface area (Å²) in [5.41, 5.74) is 0.0980. The second kappa shape index (κ2) is 9.67. The highest BCUT2D eigenvalue weighted by atomic mass is 32.2. The van der Waals surface area contributed by atoms with E-state index in [0.717, 1.165) is 0 Å². The zero-order valence-corrected chi connectivity index (χ0v) is 18.8. The molecule has 2 atom stereocenters. The summed E-state index contributed by atoms with van der Waals surface area (Å²) < 4.78 is 63.7. The molecule has 0 fully saturated rings. The van der Waals surface area contributed by atoms with Gasteiger partial charge in [0.25, 0.3) is 5.91 Å². The van der Waals surface area contributed by atoms with Gasteiger partial charge in [0.1, 0.15) is 11.5 Å². The zero-order valence-electron chi connectivity index (χ0n) is 17.9. The van der Waals surface area contributed by atoms with Crippen LogP contribution in [0.3, 0.4) is 0 Å². The minimum Gasteiger partial charge on any atom is -0.546 e. The van der Waals surface area contributed by atoms with Crippen LogP contribution in [0.4, 0.5) is 30.5 Å². The number of amides is 1. The molecule has 33 heavy (non-hydrogen) atoms. The predicted molar refractivity (Wildman–Crippen MR) is 115 cm³/mol. The van der Waals surface area contributed by atoms with Crippen molar-refractivity contribution in [2.45, 2.75) is 32.0 Å². The van der Waals surface area contributed by atoms with Gasteiger partial charge >= 0.3 is 6.18 Å². The van der Waals surface area contributed by atoms with Gasteiger partial charge in [-0.1, -0.05) is 6.07 Å². The summed E-state index contributed by atoms with van der Waals surface area (Å²) in [5, 5.41) is 16.1. The van der Waals surface area contributed by atoms with Gasteiger partial charge in [-0.2, -0.15) is 13.2 Å². The second-order valence-corrected chi connectivity index (χ2v) is 8.26. The van der Waals surface area contributed by atoms with E-state index in [-0.39, 0.29) is 40.8 Å². The molecule has 1 amide bonds. The van der Waals surface area contributed by atoms with Crippen molar-refractivity contribution in [3.8, 4) is 5.75 Å². The van der Waals surface area contributed by atoms with Crippen LogP contribution in [0.25, 0.3) is 0 Å². The molecule has 2 aromatic heterocycles. The van der Waals surface area contributed by atoms with E-state index < -0.39 is 35.7 Å². The van der Waals surface area contributed by atoms with E-state index in [0.29, 0.717) is 5.76 Å². The van der Waals surface area contributed by atoms with Gasteiger partial charge in [0.2, 0.25) is 11.6 Å². The Kier molecular flexibility index (Phi) is 7.12. The molecule has 0 aliphatic rings. The van der Waals surface area contributed by atoms with Crippen molar-refractivity contribution in [2.24, 2.45) is 0 Å². The molecule has 0 saturated carbocycles. The van der Waals surface area contributed by atoms with Crippen molar-refractivity contribution < 1.29 is 32.0 Å². The first-order valence-corrected chi connectivity index (χ1v) is 10.8. The third-order valence-electron chi connectivity index (χ3n) is 4.62. The van der Waals surface area contributed by atoms with Crippen LogP contribution in [0.5, 0.6) is 5.75 Å². The summed E-state index contributed by atoms with van der Waals surface area (Å²) in [5.74, 6) is -0.193. The molecule has 0 aliphatic heterocycles. The van der Waals surface area contributed by atoms with Crippen molar-refractivity contribution in [1.82, 2.24) is 13.6 Å². The van der Waals surface area contributed by atoms with Gasteiger partial charge in [-0.25, -0.2) is 0 Å². The molecule has 0 saturated heterocycles. The highest BCUT2D eigenvalue weighted by Crippen LogP contribution is 2.36. The number of aromatic hydroxyl groups is 1. The monoisotopic (exact) mass is 485 g/mol.